The van der Waals surface area contributed by atoms with E-state index in [0.29, 0.717) is 24.8 Å². The van der Waals surface area contributed by atoms with Crippen molar-refractivity contribution in [2.45, 2.75) is 12.5 Å². The highest BCUT2D eigenvalue weighted by atomic mass is 35.5. The second-order valence-corrected chi connectivity index (χ2v) is 7.65. The summed E-state index contributed by atoms with van der Waals surface area (Å²) in [5.41, 5.74) is 2.77. The van der Waals surface area contributed by atoms with Gasteiger partial charge in [-0.25, -0.2) is 4.98 Å². The highest BCUT2D eigenvalue weighted by Gasteiger charge is 2.28. The number of hydrogen-bond donors (Lipinski definition) is 0. The lowest BCUT2D eigenvalue weighted by Gasteiger charge is -2.36. The van der Waals surface area contributed by atoms with Crippen LogP contribution >= 0.6 is 22.9 Å². The molecule has 1 aliphatic heterocycles. The maximum atomic E-state index is 13.0. The predicted molar refractivity (Wildman–Crippen MR) is 108 cm³/mol. The second kappa shape index (κ2) is 8.21. The Bertz CT molecular complexity index is 929. The van der Waals surface area contributed by atoms with Crippen LogP contribution in [0.1, 0.15) is 17.3 Å². The largest absolute Gasteiger partial charge is 0.377 e. The van der Waals surface area contributed by atoms with Crippen molar-refractivity contribution in [1.29, 1.82) is 0 Å². The smallest absolute Gasteiger partial charge is 0.229 e. The van der Waals surface area contributed by atoms with E-state index in [0.717, 1.165) is 21.8 Å². The van der Waals surface area contributed by atoms with Gasteiger partial charge in [-0.05, 0) is 11.6 Å². The summed E-state index contributed by atoms with van der Waals surface area (Å²) >= 11 is 7.77. The second-order valence-electron chi connectivity index (χ2n) is 6.39. The zero-order chi connectivity index (χ0) is 18.6. The number of hydrogen-bond acceptors (Lipinski definition) is 4. The summed E-state index contributed by atoms with van der Waals surface area (Å²) in [7, 11) is 0. The van der Waals surface area contributed by atoms with E-state index in [4.69, 9.17) is 16.3 Å². The SMILES string of the molecule is O=C(Cc1csc(-c2ccccc2Cl)n1)N1CCOCC1c1ccccc1. The van der Waals surface area contributed by atoms with Crippen molar-refractivity contribution in [3.63, 3.8) is 0 Å². The zero-order valence-corrected chi connectivity index (χ0v) is 16.2. The molecule has 138 valence electrons. The van der Waals surface area contributed by atoms with Gasteiger partial charge in [0.25, 0.3) is 0 Å². The van der Waals surface area contributed by atoms with Gasteiger partial charge in [-0.1, -0.05) is 60.1 Å². The molecular weight excluding hydrogens is 380 g/mol. The van der Waals surface area contributed by atoms with Gasteiger partial charge in [-0.3, -0.25) is 4.79 Å². The molecule has 2 heterocycles. The monoisotopic (exact) mass is 398 g/mol. The molecule has 0 spiro atoms. The van der Waals surface area contributed by atoms with E-state index in [1.165, 1.54) is 11.3 Å². The van der Waals surface area contributed by atoms with E-state index in [-0.39, 0.29) is 18.4 Å². The lowest BCUT2D eigenvalue weighted by Crippen LogP contribution is -2.44. The molecule has 0 bridgehead atoms. The Morgan fingerprint density at radius 2 is 1.96 bits per heavy atom. The van der Waals surface area contributed by atoms with E-state index >= 15 is 0 Å². The van der Waals surface area contributed by atoms with Crippen LogP contribution in [0.4, 0.5) is 0 Å². The van der Waals surface area contributed by atoms with Crippen molar-refractivity contribution >= 4 is 28.8 Å². The molecule has 1 unspecified atom stereocenters. The van der Waals surface area contributed by atoms with Crippen LogP contribution in [0, 0.1) is 0 Å². The van der Waals surface area contributed by atoms with Gasteiger partial charge in [0.15, 0.2) is 0 Å². The molecule has 0 N–H and O–H groups in total. The molecule has 1 atom stereocenters. The number of morpholine rings is 1. The number of benzene rings is 2. The maximum Gasteiger partial charge on any atom is 0.229 e. The van der Waals surface area contributed by atoms with Crippen LogP contribution in [0.25, 0.3) is 10.6 Å². The van der Waals surface area contributed by atoms with Crippen LogP contribution in [0.3, 0.4) is 0 Å². The summed E-state index contributed by atoms with van der Waals surface area (Å²) < 4.78 is 5.62. The number of ether oxygens (including phenoxy) is 1. The molecule has 0 radical (unpaired) electrons. The molecule has 1 amide bonds. The van der Waals surface area contributed by atoms with Gasteiger partial charge in [0.2, 0.25) is 5.91 Å². The van der Waals surface area contributed by atoms with Gasteiger partial charge in [0, 0.05) is 17.5 Å². The summed E-state index contributed by atoms with van der Waals surface area (Å²) in [4.78, 5) is 19.5. The molecule has 3 aromatic rings. The first-order chi connectivity index (χ1) is 13.2. The fourth-order valence-corrected chi connectivity index (χ4v) is 4.40. The van der Waals surface area contributed by atoms with Crippen LogP contribution in [0.2, 0.25) is 5.02 Å². The van der Waals surface area contributed by atoms with E-state index in [2.05, 4.69) is 4.98 Å². The molecule has 6 heteroatoms. The van der Waals surface area contributed by atoms with Crippen LogP contribution < -0.4 is 0 Å². The van der Waals surface area contributed by atoms with Crippen LogP contribution in [-0.2, 0) is 16.0 Å². The minimum atomic E-state index is -0.0471. The maximum absolute atomic E-state index is 13.0. The van der Waals surface area contributed by atoms with E-state index in [1.807, 2.05) is 64.9 Å². The Balaban J connectivity index is 1.51. The highest BCUT2D eigenvalue weighted by molar-refractivity contribution is 7.13. The lowest BCUT2D eigenvalue weighted by molar-refractivity contribution is -0.139. The minimum absolute atomic E-state index is 0.0471. The fraction of sp³-hybridized carbons (Fsp3) is 0.238. The highest BCUT2D eigenvalue weighted by Crippen LogP contribution is 2.31. The third kappa shape index (κ3) is 4.05. The number of carbonyl (C=O) groups excluding carboxylic acids is 1. The summed E-state index contributed by atoms with van der Waals surface area (Å²) in [6, 6.07) is 17.6. The Morgan fingerprint density at radius 1 is 1.19 bits per heavy atom. The van der Waals surface area contributed by atoms with Gasteiger partial charge >= 0.3 is 0 Å². The third-order valence-electron chi connectivity index (χ3n) is 4.62. The summed E-state index contributed by atoms with van der Waals surface area (Å²) in [5.74, 6) is 0.0724. The molecule has 27 heavy (non-hydrogen) atoms. The number of aromatic nitrogens is 1. The molecule has 1 saturated heterocycles. The van der Waals surface area contributed by atoms with Gasteiger partial charge in [0.05, 0.1) is 36.4 Å². The van der Waals surface area contributed by atoms with E-state index < -0.39 is 0 Å². The number of rotatable bonds is 4. The molecule has 1 fully saturated rings. The lowest BCUT2D eigenvalue weighted by atomic mass is 10.0. The van der Waals surface area contributed by atoms with E-state index in [9.17, 15) is 4.79 Å². The predicted octanol–water partition coefficient (Wildman–Crippen LogP) is 4.61. The fourth-order valence-electron chi connectivity index (χ4n) is 3.26. The van der Waals surface area contributed by atoms with Crippen molar-refractivity contribution in [3.8, 4) is 10.6 Å². The van der Waals surface area contributed by atoms with Gasteiger partial charge < -0.3 is 9.64 Å². The minimum Gasteiger partial charge on any atom is -0.377 e. The van der Waals surface area contributed by atoms with Crippen molar-refractivity contribution in [3.05, 3.63) is 76.3 Å². The average Bonchev–Trinajstić information content (AvgIpc) is 3.17. The number of thiazole rings is 1. The normalized spacial score (nSPS) is 17.1. The summed E-state index contributed by atoms with van der Waals surface area (Å²) in [6.45, 7) is 1.69. The van der Waals surface area contributed by atoms with Gasteiger partial charge in [-0.2, -0.15) is 0 Å². The zero-order valence-electron chi connectivity index (χ0n) is 14.7. The van der Waals surface area contributed by atoms with Gasteiger partial charge in [0.1, 0.15) is 5.01 Å². The van der Waals surface area contributed by atoms with Crippen molar-refractivity contribution in [2.24, 2.45) is 0 Å². The van der Waals surface area contributed by atoms with Crippen LogP contribution in [0.5, 0.6) is 0 Å². The van der Waals surface area contributed by atoms with Crippen LogP contribution in [-0.4, -0.2) is 35.5 Å². The molecule has 4 rings (SSSR count). The first-order valence-electron chi connectivity index (χ1n) is 8.84. The van der Waals surface area contributed by atoms with E-state index in [1.54, 1.807) is 0 Å². The number of amides is 1. The molecule has 0 saturated carbocycles. The first kappa shape index (κ1) is 18.2. The Hall–Kier alpha value is -2.21. The number of nitrogens with zero attached hydrogens (tertiary/aromatic N) is 2. The molecule has 1 aliphatic rings. The molecule has 4 nitrogen and oxygen atoms in total. The average molecular weight is 399 g/mol. The van der Waals surface area contributed by atoms with Crippen molar-refractivity contribution in [2.75, 3.05) is 19.8 Å². The van der Waals surface area contributed by atoms with Crippen LogP contribution in [0.15, 0.2) is 60.0 Å². The Labute approximate surface area is 167 Å². The van der Waals surface area contributed by atoms with Crippen molar-refractivity contribution < 1.29 is 9.53 Å². The third-order valence-corrected chi connectivity index (χ3v) is 5.88. The topological polar surface area (TPSA) is 42.4 Å². The Kier molecular flexibility index (Phi) is 5.53. The molecule has 1 aromatic heterocycles. The standard InChI is InChI=1S/C21H19ClN2O2S/c22-18-9-5-4-8-17(18)21-23-16(14-27-21)12-20(25)24-10-11-26-13-19(24)15-6-2-1-3-7-15/h1-9,14,19H,10-13H2. The quantitative estimate of drug-likeness (QED) is 0.644. The Morgan fingerprint density at radius 3 is 2.78 bits per heavy atom. The summed E-state index contributed by atoms with van der Waals surface area (Å²) in [6.07, 6.45) is 0.282. The number of halogens is 1. The molecule has 0 aliphatic carbocycles. The summed E-state index contributed by atoms with van der Waals surface area (Å²) in [5, 5.41) is 3.45. The first-order valence-corrected chi connectivity index (χ1v) is 10.1. The number of carbonyl (C=O) groups is 1. The van der Waals surface area contributed by atoms with Crippen molar-refractivity contribution in [1.82, 2.24) is 9.88 Å². The molecular formula is C21H19ClN2O2S. The van der Waals surface area contributed by atoms with Gasteiger partial charge in [-0.15, -0.1) is 11.3 Å². The molecule has 2 aromatic carbocycles.